The van der Waals surface area contributed by atoms with Gasteiger partial charge in [-0.1, -0.05) is 0 Å². The van der Waals surface area contributed by atoms with Gasteiger partial charge in [0.1, 0.15) is 0 Å². The normalized spacial score (nSPS) is 22.1. The standard InChI is InChI=1S/C16H20N4OS/c1-2-13(1)16-19-14(11-22-16)9-20-6-3-12(8-20)10-21-15-7-17-4-5-18-15/h4-5,7,11-13H,1-3,6,8-10H2. The number of hydrogen-bond donors (Lipinski definition) is 0. The highest BCUT2D eigenvalue weighted by atomic mass is 32.1. The Morgan fingerprint density at radius 2 is 2.23 bits per heavy atom. The van der Waals surface area contributed by atoms with Crippen LogP contribution in [0.25, 0.3) is 0 Å². The van der Waals surface area contributed by atoms with E-state index in [0.717, 1.165) is 32.2 Å². The van der Waals surface area contributed by atoms with E-state index in [-0.39, 0.29) is 0 Å². The fourth-order valence-electron chi connectivity index (χ4n) is 2.90. The van der Waals surface area contributed by atoms with Gasteiger partial charge in [-0.2, -0.15) is 0 Å². The van der Waals surface area contributed by atoms with Crippen molar-refractivity contribution >= 4 is 11.3 Å². The van der Waals surface area contributed by atoms with Crippen LogP contribution in [-0.2, 0) is 6.54 Å². The van der Waals surface area contributed by atoms with Crippen molar-refractivity contribution in [3.05, 3.63) is 34.7 Å². The molecule has 1 aliphatic heterocycles. The molecule has 116 valence electrons. The van der Waals surface area contributed by atoms with Crippen molar-refractivity contribution in [2.45, 2.75) is 31.7 Å². The predicted octanol–water partition coefficient (Wildman–Crippen LogP) is 2.71. The fraction of sp³-hybridized carbons (Fsp3) is 0.562. The highest BCUT2D eigenvalue weighted by Gasteiger charge is 2.28. The third kappa shape index (κ3) is 3.44. The van der Waals surface area contributed by atoms with Gasteiger partial charge in [0.25, 0.3) is 0 Å². The molecule has 0 bridgehead atoms. The third-order valence-electron chi connectivity index (χ3n) is 4.26. The van der Waals surface area contributed by atoms with Gasteiger partial charge in [-0.3, -0.25) is 9.88 Å². The molecule has 4 rings (SSSR count). The maximum absolute atomic E-state index is 5.72. The number of nitrogens with zero attached hydrogens (tertiary/aromatic N) is 4. The van der Waals surface area contributed by atoms with Gasteiger partial charge in [-0.25, -0.2) is 9.97 Å². The first kappa shape index (κ1) is 14.1. The van der Waals surface area contributed by atoms with E-state index < -0.39 is 0 Å². The molecule has 1 saturated carbocycles. The predicted molar refractivity (Wildman–Crippen MR) is 85.0 cm³/mol. The summed E-state index contributed by atoms with van der Waals surface area (Å²) in [5.41, 5.74) is 1.24. The van der Waals surface area contributed by atoms with Gasteiger partial charge in [0.05, 0.1) is 23.5 Å². The molecule has 0 spiro atoms. The Hall–Kier alpha value is -1.53. The Balaban J connectivity index is 1.25. The zero-order valence-corrected chi connectivity index (χ0v) is 13.3. The second kappa shape index (κ2) is 6.30. The minimum atomic E-state index is 0.573. The number of likely N-dealkylation sites (tertiary alicyclic amines) is 1. The van der Waals surface area contributed by atoms with Crippen molar-refractivity contribution in [2.75, 3.05) is 19.7 Å². The molecule has 0 aromatic carbocycles. The molecule has 1 unspecified atom stereocenters. The SMILES string of the molecule is c1cnc(OCC2CCN(Cc3csc(C4CC4)n3)C2)cn1. The van der Waals surface area contributed by atoms with Crippen LogP contribution in [0.1, 0.15) is 35.9 Å². The van der Waals surface area contributed by atoms with Gasteiger partial charge < -0.3 is 4.74 Å². The van der Waals surface area contributed by atoms with Crippen molar-refractivity contribution < 1.29 is 4.74 Å². The molecule has 0 radical (unpaired) electrons. The van der Waals surface area contributed by atoms with Crippen LogP contribution < -0.4 is 4.74 Å². The molecular weight excluding hydrogens is 296 g/mol. The smallest absolute Gasteiger partial charge is 0.232 e. The maximum atomic E-state index is 5.72. The summed E-state index contributed by atoms with van der Waals surface area (Å²) in [5, 5.41) is 3.58. The zero-order chi connectivity index (χ0) is 14.8. The number of ether oxygens (including phenoxy) is 1. The van der Waals surface area contributed by atoms with E-state index in [1.54, 1.807) is 18.6 Å². The molecule has 22 heavy (non-hydrogen) atoms. The maximum Gasteiger partial charge on any atom is 0.232 e. The monoisotopic (exact) mass is 316 g/mol. The quantitative estimate of drug-likeness (QED) is 0.820. The Kier molecular flexibility index (Phi) is 4.03. The molecule has 6 heteroatoms. The highest BCUT2D eigenvalue weighted by Crippen LogP contribution is 2.41. The van der Waals surface area contributed by atoms with Crippen LogP contribution in [0.15, 0.2) is 24.0 Å². The lowest BCUT2D eigenvalue weighted by Gasteiger charge is -2.14. The molecule has 2 fully saturated rings. The first-order chi connectivity index (χ1) is 10.9. The lowest BCUT2D eigenvalue weighted by atomic mass is 10.1. The average molecular weight is 316 g/mol. The Morgan fingerprint density at radius 1 is 1.27 bits per heavy atom. The zero-order valence-electron chi connectivity index (χ0n) is 12.5. The summed E-state index contributed by atoms with van der Waals surface area (Å²) < 4.78 is 5.72. The summed E-state index contributed by atoms with van der Waals surface area (Å²) in [6.07, 6.45) is 8.84. The van der Waals surface area contributed by atoms with E-state index in [4.69, 9.17) is 9.72 Å². The number of hydrogen-bond acceptors (Lipinski definition) is 6. The van der Waals surface area contributed by atoms with Crippen LogP contribution in [-0.4, -0.2) is 39.5 Å². The van der Waals surface area contributed by atoms with Crippen LogP contribution in [0.3, 0.4) is 0 Å². The second-order valence-electron chi connectivity index (χ2n) is 6.20. The van der Waals surface area contributed by atoms with E-state index in [0.29, 0.717) is 11.8 Å². The minimum Gasteiger partial charge on any atom is -0.476 e. The van der Waals surface area contributed by atoms with Crippen molar-refractivity contribution in [1.29, 1.82) is 0 Å². The first-order valence-electron chi connectivity index (χ1n) is 7.92. The largest absolute Gasteiger partial charge is 0.476 e. The van der Waals surface area contributed by atoms with Gasteiger partial charge in [-0.05, 0) is 25.8 Å². The van der Waals surface area contributed by atoms with Crippen LogP contribution >= 0.6 is 11.3 Å². The first-order valence-corrected chi connectivity index (χ1v) is 8.80. The van der Waals surface area contributed by atoms with Crippen LogP contribution in [0.2, 0.25) is 0 Å². The van der Waals surface area contributed by atoms with Crippen molar-refractivity contribution in [1.82, 2.24) is 19.9 Å². The molecule has 0 amide bonds. The molecule has 3 heterocycles. The van der Waals surface area contributed by atoms with E-state index in [9.17, 15) is 0 Å². The molecule has 2 aromatic rings. The molecule has 0 N–H and O–H groups in total. The molecule has 1 atom stereocenters. The second-order valence-corrected chi connectivity index (χ2v) is 7.09. The summed E-state index contributed by atoms with van der Waals surface area (Å²) in [6, 6.07) is 0. The Bertz CT molecular complexity index is 614. The van der Waals surface area contributed by atoms with Crippen molar-refractivity contribution in [2.24, 2.45) is 5.92 Å². The topological polar surface area (TPSA) is 51.1 Å². The van der Waals surface area contributed by atoms with E-state index in [1.807, 2.05) is 11.3 Å². The van der Waals surface area contributed by atoms with Gasteiger partial charge in [0.15, 0.2) is 0 Å². The van der Waals surface area contributed by atoms with E-state index >= 15 is 0 Å². The third-order valence-corrected chi connectivity index (χ3v) is 5.31. The van der Waals surface area contributed by atoms with E-state index in [1.165, 1.54) is 30.0 Å². The van der Waals surface area contributed by atoms with Crippen molar-refractivity contribution in [3.63, 3.8) is 0 Å². The number of rotatable bonds is 6. The highest BCUT2D eigenvalue weighted by molar-refractivity contribution is 7.09. The fourth-order valence-corrected chi connectivity index (χ4v) is 3.88. The molecule has 2 aliphatic rings. The van der Waals surface area contributed by atoms with Gasteiger partial charge in [-0.15, -0.1) is 11.3 Å². The van der Waals surface area contributed by atoms with Crippen LogP contribution in [0.5, 0.6) is 5.88 Å². The molecule has 1 aliphatic carbocycles. The summed E-state index contributed by atoms with van der Waals surface area (Å²) >= 11 is 1.83. The summed E-state index contributed by atoms with van der Waals surface area (Å²) in [7, 11) is 0. The lowest BCUT2D eigenvalue weighted by Crippen LogP contribution is -2.22. The molecular formula is C16H20N4OS. The summed E-state index contributed by atoms with van der Waals surface area (Å²) in [5.74, 6) is 1.96. The summed E-state index contributed by atoms with van der Waals surface area (Å²) in [4.78, 5) is 15.4. The van der Waals surface area contributed by atoms with Crippen LogP contribution in [0.4, 0.5) is 0 Å². The Morgan fingerprint density at radius 3 is 3.05 bits per heavy atom. The lowest BCUT2D eigenvalue weighted by molar-refractivity contribution is 0.230. The van der Waals surface area contributed by atoms with Gasteiger partial charge in [0.2, 0.25) is 5.88 Å². The summed E-state index contributed by atoms with van der Waals surface area (Å²) in [6.45, 7) is 3.91. The molecule has 1 saturated heterocycles. The molecule has 5 nitrogen and oxygen atoms in total. The number of thiazole rings is 1. The van der Waals surface area contributed by atoms with Gasteiger partial charge >= 0.3 is 0 Å². The number of aromatic nitrogens is 3. The van der Waals surface area contributed by atoms with E-state index in [2.05, 4.69) is 20.2 Å². The minimum absolute atomic E-state index is 0.573. The average Bonchev–Trinajstić information content (AvgIpc) is 3.14. The molecule has 2 aromatic heterocycles. The van der Waals surface area contributed by atoms with Gasteiger partial charge in [0, 0.05) is 42.7 Å². The Labute approximate surface area is 134 Å². The van der Waals surface area contributed by atoms with Crippen molar-refractivity contribution in [3.8, 4) is 5.88 Å². The van der Waals surface area contributed by atoms with Crippen LogP contribution in [0, 0.1) is 5.92 Å².